The van der Waals surface area contributed by atoms with Crippen molar-refractivity contribution in [1.29, 1.82) is 0 Å². The van der Waals surface area contributed by atoms with E-state index in [2.05, 4.69) is 10.6 Å². The molecule has 0 radical (unpaired) electrons. The van der Waals surface area contributed by atoms with Crippen LogP contribution in [0.2, 0.25) is 5.02 Å². The number of hydrogen-bond donors (Lipinski definition) is 2. The Morgan fingerprint density at radius 1 is 1.33 bits per heavy atom. The molecule has 0 aliphatic carbocycles. The van der Waals surface area contributed by atoms with Crippen molar-refractivity contribution in [2.45, 2.75) is 6.54 Å². The number of rotatable bonds is 6. The summed E-state index contributed by atoms with van der Waals surface area (Å²) in [7, 11) is 3.59. The van der Waals surface area contributed by atoms with E-state index in [1.807, 2.05) is 25.2 Å². The van der Waals surface area contributed by atoms with Gasteiger partial charge in [0.1, 0.15) is 5.75 Å². The molecule has 0 amide bonds. The Bertz CT molecular complexity index is 305. The third kappa shape index (κ3) is 4.08. The highest BCUT2D eigenvalue weighted by Gasteiger charge is 2.02. The molecule has 0 aliphatic rings. The van der Waals surface area contributed by atoms with Crippen molar-refractivity contribution < 1.29 is 4.74 Å². The van der Waals surface area contributed by atoms with Crippen molar-refractivity contribution in [3.63, 3.8) is 0 Å². The van der Waals surface area contributed by atoms with Crippen LogP contribution >= 0.6 is 11.6 Å². The van der Waals surface area contributed by atoms with Gasteiger partial charge in [-0.1, -0.05) is 17.7 Å². The summed E-state index contributed by atoms with van der Waals surface area (Å²) in [6.45, 7) is 2.68. The lowest BCUT2D eigenvalue weighted by Gasteiger charge is -2.09. The highest BCUT2D eigenvalue weighted by atomic mass is 35.5. The quantitative estimate of drug-likeness (QED) is 0.727. The number of halogens is 1. The fourth-order valence-corrected chi connectivity index (χ4v) is 1.46. The zero-order chi connectivity index (χ0) is 11.1. The lowest BCUT2D eigenvalue weighted by Crippen LogP contribution is -2.24. The van der Waals surface area contributed by atoms with Gasteiger partial charge in [0, 0.05) is 30.2 Å². The second-order valence-electron chi connectivity index (χ2n) is 3.24. The maximum Gasteiger partial charge on any atom is 0.124 e. The average molecular weight is 229 g/mol. The maximum atomic E-state index is 5.87. The Balaban J connectivity index is 2.52. The molecule has 0 heterocycles. The molecule has 0 fully saturated rings. The molecule has 0 bridgehead atoms. The Hall–Kier alpha value is -0.770. The van der Waals surface area contributed by atoms with Crippen molar-refractivity contribution in [3.8, 4) is 5.75 Å². The summed E-state index contributed by atoms with van der Waals surface area (Å²) in [6.07, 6.45) is 0. The molecule has 2 N–H and O–H groups in total. The summed E-state index contributed by atoms with van der Waals surface area (Å²) in [4.78, 5) is 0. The molecule has 1 aromatic rings. The standard InChI is InChI=1S/C11H17ClN2O/c1-13-5-6-14-8-9-3-4-10(12)7-11(9)15-2/h3-4,7,13-14H,5-6,8H2,1-2H3. The number of nitrogens with one attached hydrogen (secondary N) is 2. The van der Waals surface area contributed by atoms with E-state index >= 15 is 0 Å². The van der Waals surface area contributed by atoms with Crippen LogP contribution in [0.3, 0.4) is 0 Å². The fraction of sp³-hybridized carbons (Fsp3) is 0.455. The normalized spacial score (nSPS) is 10.3. The Morgan fingerprint density at radius 3 is 2.80 bits per heavy atom. The Kier molecular flexibility index (Phi) is 5.47. The molecule has 0 spiro atoms. The number of likely N-dealkylation sites (N-methyl/N-ethyl adjacent to an activating group) is 1. The Morgan fingerprint density at radius 2 is 2.13 bits per heavy atom. The van der Waals surface area contributed by atoms with Gasteiger partial charge in [-0.25, -0.2) is 0 Å². The molecule has 1 aromatic carbocycles. The second kappa shape index (κ2) is 6.67. The fourth-order valence-electron chi connectivity index (χ4n) is 1.30. The van der Waals surface area contributed by atoms with E-state index in [9.17, 15) is 0 Å². The number of ether oxygens (including phenoxy) is 1. The molecule has 0 aliphatic heterocycles. The van der Waals surface area contributed by atoms with Crippen LogP contribution in [0.5, 0.6) is 5.75 Å². The number of methoxy groups -OCH3 is 1. The largest absolute Gasteiger partial charge is 0.496 e. The van der Waals surface area contributed by atoms with Crippen LogP contribution in [-0.4, -0.2) is 27.2 Å². The van der Waals surface area contributed by atoms with E-state index in [0.29, 0.717) is 5.02 Å². The Labute approximate surface area is 95.8 Å². The van der Waals surface area contributed by atoms with E-state index in [4.69, 9.17) is 16.3 Å². The van der Waals surface area contributed by atoms with Crippen LogP contribution in [0.15, 0.2) is 18.2 Å². The molecule has 15 heavy (non-hydrogen) atoms. The third-order valence-electron chi connectivity index (χ3n) is 2.12. The van der Waals surface area contributed by atoms with Gasteiger partial charge in [-0.05, 0) is 19.2 Å². The summed E-state index contributed by atoms with van der Waals surface area (Å²) in [5.41, 5.74) is 1.12. The van der Waals surface area contributed by atoms with Crippen LogP contribution in [0, 0.1) is 0 Å². The van der Waals surface area contributed by atoms with Crippen LogP contribution < -0.4 is 15.4 Å². The van der Waals surface area contributed by atoms with Gasteiger partial charge in [-0.2, -0.15) is 0 Å². The molecule has 0 atom stereocenters. The van der Waals surface area contributed by atoms with Crippen molar-refractivity contribution >= 4 is 11.6 Å². The van der Waals surface area contributed by atoms with Crippen molar-refractivity contribution in [2.75, 3.05) is 27.2 Å². The molecular formula is C11H17ClN2O. The van der Waals surface area contributed by atoms with Gasteiger partial charge in [0.05, 0.1) is 7.11 Å². The first-order valence-corrected chi connectivity index (χ1v) is 5.33. The van der Waals surface area contributed by atoms with Gasteiger partial charge < -0.3 is 15.4 Å². The minimum Gasteiger partial charge on any atom is -0.496 e. The smallest absolute Gasteiger partial charge is 0.124 e. The molecule has 84 valence electrons. The molecule has 0 saturated heterocycles. The second-order valence-corrected chi connectivity index (χ2v) is 3.67. The summed E-state index contributed by atoms with van der Waals surface area (Å²) in [5.74, 6) is 0.833. The molecule has 0 unspecified atom stereocenters. The predicted molar refractivity (Wildman–Crippen MR) is 63.6 cm³/mol. The lowest BCUT2D eigenvalue weighted by atomic mass is 10.2. The first kappa shape index (κ1) is 12.3. The summed E-state index contributed by atoms with van der Waals surface area (Å²) in [6, 6.07) is 5.68. The van der Waals surface area contributed by atoms with Crippen LogP contribution in [-0.2, 0) is 6.54 Å². The minimum absolute atomic E-state index is 0.700. The molecule has 3 nitrogen and oxygen atoms in total. The van der Waals surface area contributed by atoms with Crippen LogP contribution in [0.4, 0.5) is 0 Å². The van der Waals surface area contributed by atoms with E-state index < -0.39 is 0 Å². The van der Waals surface area contributed by atoms with E-state index in [1.165, 1.54) is 0 Å². The van der Waals surface area contributed by atoms with Gasteiger partial charge in [-0.15, -0.1) is 0 Å². The van der Waals surface area contributed by atoms with E-state index in [-0.39, 0.29) is 0 Å². The topological polar surface area (TPSA) is 33.3 Å². The monoisotopic (exact) mass is 228 g/mol. The predicted octanol–water partition coefficient (Wildman–Crippen LogP) is 1.66. The molecule has 0 saturated carbocycles. The minimum atomic E-state index is 0.700. The van der Waals surface area contributed by atoms with Crippen molar-refractivity contribution in [2.24, 2.45) is 0 Å². The highest BCUT2D eigenvalue weighted by Crippen LogP contribution is 2.22. The molecular weight excluding hydrogens is 212 g/mol. The maximum absolute atomic E-state index is 5.87. The van der Waals surface area contributed by atoms with Crippen molar-refractivity contribution in [1.82, 2.24) is 10.6 Å². The first-order chi connectivity index (χ1) is 7.27. The molecule has 1 rings (SSSR count). The molecule has 4 heteroatoms. The van der Waals surface area contributed by atoms with E-state index in [1.54, 1.807) is 7.11 Å². The number of benzene rings is 1. The van der Waals surface area contributed by atoms with Crippen LogP contribution in [0.25, 0.3) is 0 Å². The van der Waals surface area contributed by atoms with Crippen molar-refractivity contribution in [3.05, 3.63) is 28.8 Å². The zero-order valence-corrected chi connectivity index (χ0v) is 9.90. The third-order valence-corrected chi connectivity index (χ3v) is 2.35. The SMILES string of the molecule is CNCCNCc1ccc(Cl)cc1OC. The molecule has 0 aromatic heterocycles. The van der Waals surface area contributed by atoms with Gasteiger partial charge in [0.15, 0.2) is 0 Å². The van der Waals surface area contributed by atoms with Gasteiger partial charge in [0.25, 0.3) is 0 Å². The lowest BCUT2D eigenvalue weighted by molar-refractivity contribution is 0.407. The number of hydrogen-bond acceptors (Lipinski definition) is 3. The van der Waals surface area contributed by atoms with Gasteiger partial charge in [0.2, 0.25) is 0 Å². The average Bonchev–Trinajstić information content (AvgIpc) is 2.26. The summed E-state index contributed by atoms with van der Waals surface area (Å²) >= 11 is 5.87. The zero-order valence-electron chi connectivity index (χ0n) is 9.14. The van der Waals surface area contributed by atoms with Gasteiger partial charge >= 0.3 is 0 Å². The van der Waals surface area contributed by atoms with Crippen LogP contribution in [0.1, 0.15) is 5.56 Å². The summed E-state index contributed by atoms with van der Waals surface area (Å²) < 4.78 is 5.24. The first-order valence-electron chi connectivity index (χ1n) is 4.95. The highest BCUT2D eigenvalue weighted by molar-refractivity contribution is 6.30. The van der Waals surface area contributed by atoms with Gasteiger partial charge in [-0.3, -0.25) is 0 Å². The summed E-state index contributed by atoms with van der Waals surface area (Å²) in [5, 5.41) is 7.09. The van der Waals surface area contributed by atoms with E-state index in [0.717, 1.165) is 30.9 Å².